The molecule has 2 aromatic carbocycles. The molecule has 1 amide bonds. The number of hydrogen-bond donors (Lipinski definition) is 1. The molecule has 0 spiro atoms. The topological polar surface area (TPSA) is 59.9 Å². The maximum Gasteiger partial charge on any atom is 0.230 e. The minimum atomic E-state index is -0.0785. The number of carbonyl (C=O) groups is 1. The standard InChI is InChI=1S/C20H22N2O3/c1-13-4-6-15(7-5-13)22-20(23)12-17-16-11-19(25-3)18(24-2)10-14(16)8-9-21-17/h4-7,10-11H,8-9,12H2,1-3H3,(H,22,23). The van der Waals surface area contributed by atoms with Crippen molar-refractivity contribution in [1.82, 2.24) is 0 Å². The number of carbonyl (C=O) groups excluding carboxylic acids is 1. The number of aryl methyl sites for hydroxylation is 1. The number of fused-ring (bicyclic) bond motifs is 1. The van der Waals surface area contributed by atoms with Crippen molar-refractivity contribution in [3.63, 3.8) is 0 Å². The van der Waals surface area contributed by atoms with Gasteiger partial charge in [0.05, 0.1) is 26.4 Å². The van der Waals surface area contributed by atoms with Crippen LogP contribution < -0.4 is 14.8 Å². The number of ether oxygens (including phenoxy) is 2. The molecule has 0 aromatic heterocycles. The van der Waals surface area contributed by atoms with E-state index in [4.69, 9.17) is 9.47 Å². The van der Waals surface area contributed by atoms with Crippen molar-refractivity contribution in [1.29, 1.82) is 0 Å². The van der Waals surface area contributed by atoms with Crippen LogP contribution in [0.15, 0.2) is 41.4 Å². The predicted molar refractivity (Wildman–Crippen MR) is 99.1 cm³/mol. The first kappa shape index (κ1) is 17.0. The highest BCUT2D eigenvalue weighted by Crippen LogP contribution is 2.33. The third-order valence-electron chi connectivity index (χ3n) is 4.27. The lowest BCUT2D eigenvalue weighted by molar-refractivity contribution is -0.115. The van der Waals surface area contributed by atoms with E-state index >= 15 is 0 Å². The fourth-order valence-corrected chi connectivity index (χ4v) is 2.94. The first-order valence-corrected chi connectivity index (χ1v) is 8.26. The zero-order valence-corrected chi connectivity index (χ0v) is 14.8. The number of anilines is 1. The molecule has 0 radical (unpaired) electrons. The molecule has 0 fully saturated rings. The van der Waals surface area contributed by atoms with Gasteiger partial charge in [0, 0.05) is 17.8 Å². The molecule has 3 rings (SSSR count). The molecule has 5 heteroatoms. The average molecular weight is 338 g/mol. The highest BCUT2D eigenvalue weighted by Gasteiger charge is 2.20. The number of aliphatic imine (C=N–C) groups is 1. The van der Waals surface area contributed by atoms with Gasteiger partial charge < -0.3 is 14.8 Å². The third kappa shape index (κ3) is 3.82. The van der Waals surface area contributed by atoms with Crippen molar-refractivity contribution < 1.29 is 14.3 Å². The second-order valence-electron chi connectivity index (χ2n) is 6.03. The molecule has 130 valence electrons. The zero-order valence-electron chi connectivity index (χ0n) is 14.8. The Morgan fingerprint density at radius 3 is 2.48 bits per heavy atom. The number of benzene rings is 2. The lowest BCUT2D eigenvalue weighted by Gasteiger charge is -2.19. The zero-order chi connectivity index (χ0) is 17.8. The lowest BCUT2D eigenvalue weighted by Crippen LogP contribution is -2.21. The minimum Gasteiger partial charge on any atom is -0.493 e. The Labute approximate surface area is 147 Å². The number of hydrogen-bond acceptors (Lipinski definition) is 4. The highest BCUT2D eigenvalue weighted by atomic mass is 16.5. The van der Waals surface area contributed by atoms with E-state index < -0.39 is 0 Å². The Bertz CT molecular complexity index is 810. The van der Waals surface area contributed by atoms with Gasteiger partial charge in [-0.05, 0) is 43.2 Å². The van der Waals surface area contributed by atoms with Crippen molar-refractivity contribution in [2.75, 3.05) is 26.1 Å². The van der Waals surface area contributed by atoms with E-state index in [1.807, 2.05) is 43.3 Å². The minimum absolute atomic E-state index is 0.0785. The Hall–Kier alpha value is -2.82. The molecule has 0 saturated carbocycles. The van der Waals surface area contributed by atoms with Crippen LogP contribution in [0.3, 0.4) is 0 Å². The van der Waals surface area contributed by atoms with Crippen LogP contribution in [-0.4, -0.2) is 32.4 Å². The van der Waals surface area contributed by atoms with Crippen molar-refractivity contribution in [2.45, 2.75) is 19.8 Å². The van der Waals surface area contributed by atoms with Gasteiger partial charge in [-0.2, -0.15) is 0 Å². The first-order valence-electron chi connectivity index (χ1n) is 8.26. The molecule has 1 aliphatic rings. The SMILES string of the molecule is COc1cc2c(cc1OC)C(CC(=O)Nc1ccc(C)cc1)=NCC2. The molecular weight excluding hydrogens is 316 g/mol. The fraction of sp³-hybridized carbons (Fsp3) is 0.300. The van der Waals surface area contributed by atoms with Crippen LogP contribution in [0.2, 0.25) is 0 Å². The molecule has 0 aliphatic carbocycles. The van der Waals surface area contributed by atoms with Crippen LogP contribution in [0.5, 0.6) is 11.5 Å². The third-order valence-corrected chi connectivity index (χ3v) is 4.27. The number of methoxy groups -OCH3 is 2. The van der Waals surface area contributed by atoms with Gasteiger partial charge in [-0.3, -0.25) is 9.79 Å². The maximum atomic E-state index is 12.4. The summed E-state index contributed by atoms with van der Waals surface area (Å²) in [4.78, 5) is 17.0. The maximum absolute atomic E-state index is 12.4. The summed E-state index contributed by atoms with van der Waals surface area (Å²) in [5.41, 5.74) is 4.82. The molecule has 2 aromatic rings. The monoisotopic (exact) mass is 338 g/mol. The summed E-state index contributed by atoms with van der Waals surface area (Å²) >= 11 is 0. The van der Waals surface area contributed by atoms with E-state index in [9.17, 15) is 4.79 Å². The van der Waals surface area contributed by atoms with Gasteiger partial charge in [0.2, 0.25) is 5.91 Å². The van der Waals surface area contributed by atoms with Crippen molar-refractivity contribution in [2.24, 2.45) is 4.99 Å². The Balaban J connectivity index is 1.78. The van der Waals surface area contributed by atoms with Crippen molar-refractivity contribution >= 4 is 17.3 Å². The summed E-state index contributed by atoms with van der Waals surface area (Å²) in [5, 5.41) is 2.92. The van der Waals surface area contributed by atoms with Crippen LogP contribution in [0.4, 0.5) is 5.69 Å². The van der Waals surface area contributed by atoms with E-state index in [0.717, 1.165) is 34.5 Å². The van der Waals surface area contributed by atoms with Crippen LogP contribution in [-0.2, 0) is 11.2 Å². The van der Waals surface area contributed by atoms with Gasteiger partial charge in [-0.15, -0.1) is 0 Å². The van der Waals surface area contributed by atoms with Gasteiger partial charge in [0.15, 0.2) is 11.5 Å². The normalized spacial score (nSPS) is 12.8. The highest BCUT2D eigenvalue weighted by molar-refractivity contribution is 6.14. The summed E-state index contributed by atoms with van der Waals surface area (Å²) in [6, 6.07) is 11.6. The molecule has 0 saturated heterocycles. The van der Waals surface area contributed by atoms with Crippen LogP contribution >= 0.6 is 0 Å². The largest absolute Gasteiger partial charge is 0.493 e. The second kappa shape index (κ2) is 7.38. The number of nitrogens with one attached hydrogen (secondary N) is 1. The van der Waals surface area contributed by atoms with E-state index in [2.05, 4.69) is 10.3 Å². The predicted octanol–water partition coefficient (Wildman–Crippen LogP) is 3.39. The van der Waals surface area contributed by atoms with Gasteiger partial charge in [-0.25, -0.2) is 0 Å². The lowest BCUT2D eigenvalue weighted by atomic mass is 9.95. The first-order chi connectivity index (χ1) is 12.1. The Kier molecular flexibility index (Phi) is 5.03. The molecule has 1 heterocycles. The molecule has 1 N–H and O–H groups in total. The fourth-order valence-electron chi connectivity index (χ4n) is 2.94. The Morgan fingerprint density at radius 1 is 1.12 bits per heavy atom. The van der Waals surface area contributed by atoms with Gasteiger partial charge in [0.25, 0.3) is 0 Å². The Morgan fingerprint density at radius 2 is 1.80 bits per heavy atom. The summed E-state index contributed by atoms with van der Waals surface area (Å²) < 4.78 is 10.7. The van der Waals surface area contributed by atoms with Crippen molar-refractivity contribution in [3.05, 3.63) is 53.1 Å². The molecule has 0 atom stereocenters. The number of nitrogens with zero attached hydrogens (tertiary/aromatic N) is 1. The molecule has 0 bridgehead atoms. The van der Waals surface area contributed by atoms with Crippen LogP contribution in [0.25, 0.3) is 0 Å². The second-order valence-corrected chi connectivity index (χ2v) is 6.03. The molecule has 5 nitrogen and oxygen atoms in total. The van der Waals surface area contributed by atoms with Crippen LogP contribution in [0, 0.1) is 6.92 Å². The van der Waals surface area contributed by atoms with Gasteiger partial charge in [-0.1, -0.05) is 17.7 Å². The smallest absolute Gasteiger partial charge is 0.230 e. The van der Waals surface area contributed by atoms with Gasteiger partial charge >= 0.3 is 0 Å². The molecule has 25 heavy (non-hydrogen) atoms. The number of amides is 1. The quantitative estimate of drug-likeness (QED) is 0.909. The summed E-state index contributed by atoms with van der Waals surface area (Å²) in [6.45, 7) is 2.69. The van der Waals surface area contributed by atoms with E-state index in [0.29, 0.717) is 18.0 Å². The molecule has 1 aliphatic heterocycles. The summed E-state index contributed by atoms with van der Waals surface area (Å²) in [5.74, 6) is 1.27. The number of rotatable bonds is 5. The van der Waals surface area contributed by atoms with Crippen LogP contribution in [0.1, 0.15) is 23.1 Å². The summed E-state index contributed by atoms with van der Waals surface area (Å²) in [7, 11) is 3.23. The van der Waals surface area contributed by atoms with E-state index in [-0.39, 0.29) is 12.3 Å². The van der Waals surface area contributed by atoms with E-state index in [1.165, 1.54) is 0 Å². The molecular formula is C20H22N2O3. The average Bonchev–Trinajstić information content (AvgIpc) is 2.62. The van der Waals surface area contributed by atoms with Gasteiger partial charge in [0.1, 0.15) is 0 Å². The van der Waals surface area contributed by atoms with Crippen molar-refractivity contribution in [3.8, 4) is 11.5 Å². The summed E-state index contributed by atoms with van der Waals surface area (Å²) in [6.07, 6.45) is 1.06. The molecule has 0 unspecified atom stereocenters. The van der Waals surface area contributed by atoms with E-state index in [1.54, 1.807) is 14.2 Å².